The molecule has 2 rings (SSSR count). The number of piperidine rings is 2. The van der Waals surface area contributed by atoms with Gasteiger partial charge in [0, 0.05) is 0 Å². The summed E-state index contributed by atoms with van der Waals surface area (Å²) in [6.45, 7) is 17.5. The topological polar surface area (TPSA) is 174 Å². The first kappa shape index (κ1) is 53.8. The van der Waals surface area contributed by atoms with Gasteiger partial charge in [0.25, 0.3) is 0 Å². The van der Waals surface area contributed by atoms with Crippen LogP contribution in [0.2, 0.25) is 0 Å². The van der Waals surface area contributed by atoms with E-state index < -0.39 is 62.1 Å². The Hall–Kier alpha value is -1.24. The Morgan fingerprint density at radius 1 is 0.436 bits per heavy atom. The number of halogens is 12. The molecule has 0 bridgehead atoms. The SMILES string of the molecule is CCCC[N+]1(CCOCC[N+]2(CCCC)CCCCC2)CCCCC1.O=S(=O)([N-]S(=O)(=O)C(F)(F)F)C(F)(F)F.O=S(=O)([N-]S(=O)(=O)C(F)(F)F)C(F)(F)F. The van der Waals surface area contributed by atoms with Crippen molar-refractivity contribution in [3.05, 3.63) is 8.25 Å². The number of hydrogen-bond acceptors (Lipinski definition) is 9. The lowest BCUT2D eigenvalue weighted by Crippen LogP contribution is -2.55. The summed E-state index contributed by atoms with van der Waals surface area (Å²) >= 11 is 0. The summed E-state index contributed by atoms with van der Waals surface area (Å²) in [5.41, 5.74) is -24.8. The summed E-state index contributed by atoms with van der Waals surface area (Å²) in [7, 11) is -26.9. The average Bonchev–Trinajstić information content (AvgIpc) is 3.01. The molecule has 55 heavy (non-hydrogen) atoms. The minimum atomic E-state index is -6.72. The molecule has 2 aliphatic rings. The van der Waals surface area contributed by atoms with Crippen LogP contribution in [0, 0.1) is 0 Å². The third kappa shape index (κ3) is 18.1. The molecule has 0 aromatic carbocycles. The molecule has 2 aliphatic heterocycles. The number of alkyl halides is 12. The molecule has 29 heteroatoms. The molecule has 0 N–H and O–H groups in total. The van der Waals surface area contributed by atoms with Crippen LogP contribution in [0.25, 0.3) is 8.25 Å². The predicted molar refractivity (Wildman–Crippen MR) is 174 cm³/mol. The molecule has 0 aromatic rings. The molecule has 0 aromatic heterocycles. The molecule has 0 atom stereocenters. The number of hydrogen-bond donors (Lipinski definition) is 0. The fourth-order valence-electron chi connectivity index (χ4n) is 5.52. The summed E-state index contributed by atoms with van der Waals surface area (Å²) in [5, 5.41) is 0. The van der Waals surface area contributed by atoms with E-state index in [9.17, 15) is 86.4 Å². The highest BCUT2D eigenvalue weighted by Crippen LogP contribution is 2.37. The molecule has 0 amide bonds. The Kier molecular flexibility index (Phi) is 20.7. The van der Waals surface area contributed by atoms with E-state index in [1.807, 2.05) is 0 Å². The van der Waals surface area contributed by atoms with Gasteiger partial charge in [0.2, 0.25) is 0 Å². The fourth-order valence-corrected chi connectivity index (χ4v) is 8.94. The van der Waals surface area contributed by atoms with Crippen molar-refractivity contribution in [2.45, 2.75) is 100 Å². The Labute approximate surface area is 313 Å². The van der Waals surface area contributed by atoms with Crippen LogP contribution in [0.4, 0.5) is 52.7 Å². The van der Waals surface area contributed by atoms with Crippen molar-refractivity contribution < 1.29 is 100 Å². The first-order chi connectivity index (χ1) is 24.7. The van der Waals surface area contributed by atoms with Crippen LogP contribution in [0.1, 0.15) is 78.1 Å². The van der Waals surface area contributed by atoms with Gasteiger partial charge in [-0.15, -0.1) is 0 Å². The van der Waals surface area contributed by atoms with Crippen LogP contribution in [-0.2, 0) is 44.8 Å². The van der Waals surface area contributed by atoms with Gasteiger partial charge in [-0.3, -0.25) is 0 Å². The van der Waals surface area contributed by atoms with Crippen LogP contribution >= 0.6 is 0 Å². The summed E-state index contributed by atoms with van der Waals surface area (Å²) in [6, 6.07) is 0. The second-order valence-electron chi connectivity index (χ2n) is 12.7. The van der Waals surface area contributed by atoms with Crippen molar-refractivity contribution in [1.82, 2.24) is 0 Å². The smallest absolute Gasteiger partial charge is 0.421 e. The number of unbranched alkanes of at least 4 members (excludes halogenated alkanes) is 2. The van der Waals surface area contributed by atoms with Crippen LogP contribution in [0.3, 0.4) is 0 Å². The first-order valence-electron chi connectivity index (χ1n) is 16.7. The minimum absolute atomic E-state index is 0.778. The van der Waals surface area contributed by atoms with Gasteiger partial charge < -0.3 is 22.0 Å². The lowest BCUT2D eigenvalue weighted by Gasteiger charge is -2.42. The van der Waals surface area contributed by atoms with Gasteiger partial charge in [-0.2, -0.15) is 52.7 Å². The molecule has 0 unspecified atom stereocenters. The van der Waals surface area contributed by atoms with Gasteiger partial charge >= 0.3 is 22.0 Å². The molecule has 2 heterocycles. The van der Waals surface area contributed by atoms with Gasteiger partial charge in [-0.25, -0.2) is 33.7 Å². The highest BCUT2D eigenvalue weighted by atomic mass is 32.3. The highest BCUT2D eigenvalue weighted by molar-refractivity contribution is 8.13. The van der Waals surface area contributed by atoms with Crippen LogP contribution < -0.4 is 0 Å². The van der Waals surface area contributed by atoms with Gasteiger partial charge in [-0.1, -0.05) is 26.7 Å². The van der Waals surface area contributed by atoms with Gasteiger partial charge in [0.1, 0.15) is 13.1 Å². The molecule has 0 saturated carbocycles. The van der Waals surface area contributed by atoms with Gasteiger partial charge in [-0.05, 0) is 51.4 Å². The van der Waals surface area contributed by atoms with E-state index in [1.165, 1.54) is 126 Å². The number of nitrogens with zero attached hydrogens (tertiary/aromatic N) is 4. The van der Waals surface area contributed by atoms with E-state index in [0.29, 0.717) is 0 Å². The zero-order valence-corrected chi connectivity index (χ0v) is 33.0. The maximum absolute atomic E-state index is 11.4. The van der Waals surface area contributed by atoms with Crippen LogP contribution in [0.15, 0.2) is 0 Å². The van der Waals surface area contributed by atoms with Crippen molar-refractivity contribution in [2.24, 2.45) is 0 Å². The van der Waals surface area contributed by atoms with E-state index in [1.54, 1.807) is 0 Å². The molecule has 13 nitrogen and oxygen atoms in total. The molecule has 2 fully saturated rings. The molecule has 0 spiro atoms. The third-order valence-electron chi connectivity index (χ3n) is 8.48. The van der Waals surface area contributed by atoms with E-state index in [4.69, 9.17) is 4.74 Å². The number of quaternary nitrogens is 2. The molecule has 0 radical (unpaired) electrons. The van der Waals surface area contributed by atoms with Gasteiger partial charge in [0.05, 0.1) is 52.5 Å². The lowest BCUT2D eigenvalue weighted by molar-refractivity contribution is -0.936. The van der Waals surface area contributed by atoms with Crippen molar-refractivity contribution in [2.75, 3.05) is 65.6 Å². The average molecular weight is 915 g/mol. The molecule has 332 valence electrons. The van der Waals surface area contributed by atoms with E-state index in [-0.39, 0.29) is 0 Å². The predicted octanol–water partition coefficient (Wildman–Crippen LogP) is 6.72. The van der Waals surface area contributed by atoms with Crippen molar-refractivity contribution >= 4 is 40.1 Å². The second-order valence-corrected chi connectivity index (χ2v) is 19.6. The standard InChI is InChI=1S/C22H46N2O.2C2F6NO4S2/c1-3-5-13-23(15-9-7-10-16-23)19-21-25-22-20-24(14-6-4-2)17-11-8-12-18-24;2*3-1(4,5)14(10,11)9-15(12,13)2(6,7)8/h3-22H2,1-2H3;;/q+2;2*-1. The summed E-state index contributed by atoms with van der Waals surface area (Å²) in [5.74, 6) is 0. The second kappa shape index (κ2) is 21.1. The maximum atomic E-state index is 11.4. The molecular formula is C26H46F12N4O9S4. The summed E-state index contributed by atoms with van der Waals surface area (Å²) in [4.78, 5) is 0. The number of likely N-dealkylation sites (tertiary alicyclic amines) is 2. The largest absolute Gasteiger partial charge is 0.480 e. The Bertz CT molecular complexity index is 1390. The molecular weight excluding hydrogens is 869 g/mol. The Balaban J connectivity index is 0.000000846. The van der Waals surface area contributed by atoms with Gasteiger partial charge in [0.15, 0.2) is 40.1 Å². The van der Waals surface area contributed by atoms with E-state index in [0.717, 1.165) is 21.5 Å². The van der Waals surface area contributed by atoms with Crippen LogP contribution in [0.5, 0.6) is 0 Å². The zero-order valence-electron chi connectivity index (χ0n) is 29.8. The number of rotatable bonds is 16. The quantitative estimate of drug-likeness (QED) is 0.0925. The van der Waals surface area contributed by atoms with Crippen molar-refractivity contribution in [1.29, 1.82) is 0 Å². The van der Waals surface area contributed by atoms with E-state index >= 15 is 0 Å². The Morgan fingerprint density at radius 2 is 0.673 bits per heavy atom. The maximum Gasteiger partial charge on any atom is 0.480 e. The lowest BCUT2D eigenvalue weighted by atomic mass is 10.1. The monoisotopic (exact) mass is 914 g/mol. The van der Waals surface area contributed by atoms with Crippen molar-refractivity contribution in [3.8, 4) is 0 Å². The van der Waals surface area contributed by atoms with Crippen molar-refractivity contribution in [3.63, 3.8) is 0 Å². The first-order valence-corrected chi connectivity index (χ1v) is 22.4. The third-order valence-corrected chi connectivity index (χ3v) is 14.0. The summed E-state index contributed by atoms with van der Waals surface area (Å²) < 4.78 is 227. The molecule has 0 aliphatic carbocycles. The normalized spacial score (nSPS) is 18.7. The molecule has 2 saturated heterocycles. The van der Waals surface area contributed by atoms with Crippen LogP contribution in [-0.4, -0.2) is 130 Å². The zero-order chi connectivity index (χ0) is 43.3. The Morgan fingerprint density at radius 3 is 0.873 bits per heavy atom. The van der Waals surface area contributed by atoms with E-state index in [2.05, 4.69) is 13.8 Å². The highest BCUT2D eigenvalue weighted by Gasteiger charge is 2.48. The number of ether oxygens (including phenoxy) is 1. The fraction of sp³-hybridized carbons (Fsp3) is 1.00. The minimum Gasteiger partial charge on any atom is -0.421 e. The summed E-state index contributed by atoms with van der Waals surface area (Å²) in [6.07, 6.45) is 14.1. The number of sulfonamides is 4.